The van der Waals surface area contributed by atoms with E-state index in [1.165, 1.54) is 0 Å². The van der Waals surface area contributed by atoms with Crippen LogP contribution in [0.25, 0.3) is 0 Å². The van der Waals surface area contributed by atoms with E-state index in [9.17, 15) is 9.59 Å². The number of carbonyl (C=O) groups is 2. The van der Waals surface area contributed by atoms with Crippen molar-refractivity contribution < 1.29 is 9.59 Å². The third kappa shape index (κ3) is 3.57. The number of carbonyl (C=O) groups excluding carboxylic acids is 2. The summed E-state index contributed by atoms with van der Waals surface area (Å²) in [6.45, 7) is 6.05. The zero-order valence-electron chi connectivity index (χ0n) is 14.2. The summed E-state index contributed by atoms with van der Waals surface area (Å²) >= 11 is 0. The highest BCUT2D eigenvalue weighted by molar-refractivity contribution is 5.89. The molecule has 1 atom stereocenters. The van der Waals surface area contributed by atoms with E-state index in [1.807, 2.05) is 27.6 Å². The van der Waals surface area contributed by atoms with Gasteiger partial charge in [-0.2, -0.15) is 0 Å². The molecule has 0 unspecified atom stereocenters. The highest BCUT2D eigenvalue weighted by atomic mass is 16.2. The van der Waals surface area contributed by atoms with Crippen molar-refractivity contribution in [2.45, 2.75) is 45.7 Å². The second kappa shape index (κ2) is 6.34. The van der Waals surface area contributed by atoms with Gasteiger partial charge in [-0.3, -0.25) is 9.59 Å². The van der Waals surface area contributed by atoms with Gasteiger partial charge in [0.15, 0.2) is 0 Å². The molecule has 2 aliphatic rings. The molecular formula is C17H26N4O2. The molecule has 0 N–H and O–H groups in total. The predicted octanol–water partition coefficient (Wildman–Crippen LogP) is 1.42. The summed E-state index contributed by atoms with van der Waals surface area (Å²) in [5.74, 6) is 1.37. The summed E-state index contributed by atoms with van der Waals surface area (Å²) in [6.07, 6.45) is 6.14. The fraction of sp³-hybridized carbons (Fsp3) is 0.706. The maximum atomic E-state index is 13.0. The first kappa shape index (κ1) is 16.0. The lowest BCUT2D eigenvalue weighted by Gasteiger charge is -2.25. The van der Waals surface area contributed by atoms with Crippen LogP contribution in [0.2, 0.25) is 0 Å². The van der Waals surface area contributed by atoms with Gasteiger partial charge in [0.1, 0.15) is 5.82 Å². The van der Waals surface area contributed by atoms with Crippen LogP contribution in [0, 0.1) is 11.8 Å². The van der Waals surface area contributed by atoms with Gasteiger partial charge in [0.05, 0.1) is 12.5 Å². The highest BCUT2D eigenvalue weighted by Gasteiger charge is 2.41. The van der Waals surface area contributed by atoms with Gasteiger partial charge in [0, 0.05) is 45.0 Å². The summed E-state index contributed by atoms with van der Waals surface area (Å²) in [6, 6.07) is 0.327. The van der Waals surface area contributed by atoms with Crippen LogP contribution in [0.15, 0.2) is 12.4 Å². The monoisotopic (exact) mass is 318 g/mol. The van der Waals surface area contributed by atoms with E-state index in [1.54, 1.807) is 6.20 Å². The molecule has 6 heteroatoms. The molecule has 23 heavy (non-hydrogen) atoms. The standard InChI is InChI=1S/C17H26N4O2/c1-12(2)9-20-10-13(8-16(20)22)17(23)21(14-4-5-14)11-15-18-6-7-19(15)3/h6-7,12-14H,4-5,8-11H2,1-3H3/t13-/m1/s1. The summed E-state index contributed by atoms with van der Waals surface area (Å²) in [7, 11) is 1.95. The minimum atomic E-state index is -0.192. The van der Waals surface area contributed by atoms with Crippen LogP contribution in [-0.2, 0) is 23.2 Å². The van der Waals surface area contributed by atoms with Gasteiger partial charge < -0.3 is 14.4 Å². The van der Waals surface area contributed by atoms with Gasteiger partial charge >= 0.3 is 0 Å². The van der Waals surface area contributed by atoms with Crippen LogP contribution in [0.5, 0.6) is 0 Å². The number of amides is 2. The fourth-order valence-electron chi connectivity index (χ4n) is 3.26. The maximum absolute atomic E-state index is 13.0. The Labute approximate surface area is 137 Å². The molecule has 1 aliphatic heterocycles. The second-order valence-corrected chi connectivity index (χ2v) is 7.25. The molecule has 2 fully saturated rings. The molecule has 3 rings (SSSR count). The lowest BCUT2D eigenvalue weighted by atomic mass is 10.1. The molecule has 2 amide bonds. The normalized spacial score (nSPS) is 21.3. The Hall–Kier alpha value is -1.85. The molecule has 0 aromatic carbocycles. The van der Waals surface area contributed by atoms with E-state index in [0.717, 1.165) is 25.2 Å². The summed E-state index contributed by atoms with van der Waals surface area (Å²) in [5.41, 5.74) is 0. The summed E-state index contributed by atoms with van der Waals surface area (Å²) in [4.78, 5) is 33.2. The third-order valence-corrected chi connectivity index (χ3v) is 4.65. The van der Waals surface area contributed by atoms with Crippen molar-refractivity contribution in [2.75, 3.05) is 13.1 Å². The molecule has 0 bridgehead atoms. The number of rotatable bonds is 6. The molecule has 1 aromatic heterocycles. The van der Waals surface area contributed by atoms with Crippen molar-refractivity contribution in [2.24, 2.45) is 18.9 Å². The summed E-state index contributed by atoms with van der Waals surface area (Å²) < 4.78 is 1.95. The minimum absolute atomic E-state index is 0.116. The van der Waals surface area contributed by atoms with Crippen LogP contribution in [0.1, 0.15) is 38.9 Å². The van der Waals surface area contributed by atoms with Crippen molar-refractivity contribution in [3.05, 3.63) is 18.2 Å². The third-order valence-electron chi connectivity index (χ3n) is 4.65. The average Bonchev–Trinajstić information content (AvgIpc) is 3.16. The first-order valence-electron chi connectivity index (χ1n) is 8.50. The van der Waals surface area contributed by atoms with Gasteiger partial charge in [-0.1, -0.05) is 13.8 Å². The number of likely N-dealkylation sites (tertiary alicyclic amines) is 1. The molecule has 0 radical (unpaired) electrons. The quantitative estimate of drug-likeness (QED) is 0.797. The Kier molecular flexibility index (Phi) is 4.41. The van der Waals surface area contributed by atoms with E-state index >= 15 is 0 Å². The smallest absolute Gasteiger partial charge is 0.228 e. The molecule has 2 heterocycles. The number of aryl methyl sites for hydroxylation is 1. The predicted molar refractivity (Wildman–Crippen MR) is 86.3 cm³/mol. The fourth-order valence-corrected chi connectivity index (χ4v) is 3.26. The number of hydrogen-bond acceptors (Lipinski definition) is 3. The van der Waals surface area contributed by atoms with Gasteiger partial charge in [-0.15, -0.1) is 0 Å². The van der Waals surface area contributed by atoms with E-state index in [4.69, 9.17) is 0 Å². The Balaban J connectivity index is 1.67. The van der Waals surface area contributed by atoms with Crippen LogP contribution < -0.4 is 0 Å². The van der Waals surface area contributed by atoms with Crippen molar-refractivity contribution in [3.63, 3.8) is 0 Å². The van der Waals surface area contributed by atoms with Crippen molar-refractivity contribution in [1.82, 2.24) is 19.4 Å². The van der Waals surface area contributed by atoms with Crippen LogP contribution >= 0.6 is 0 Å². The van der Waals surface area contributed by atoms with E-state index in [-0.39, 0.29) is 17.7 Å². The molecule has 1 aromatic rings. The summed E-state index contributed by atoms with van der Waals surface area (Å²) in [5, 5.41) is 0. The number of hydrogen-bond donors (Lipinski definition) is 0. The number of nitrogens with zero attached hydrogens (tertiary/aromatic N) is 4. The van der Waals surface area contributed by atoms with Crippen molar-refractivity contribution in [1.29, 1.82) is 0 Å². The average molecular weight is 318 g/mol. The first-order chi connectivity index (χ1) is 11.0. The zero-order valence-corrected chi connectivity index (χ0v) is 14.2. The number of imidazole rings is 1. The first-order valence-corrected chi connectivity index (χ1v) is 8.50. The highest BCUT2D eigenvalue weighted by Crippen LogP contribution is 2.31. The van der Waals surface area contributed by atoms with Gasteiger partial charge in [0.25, 0.3) is 0 Å². The maximum Gasteiger partial charge on any atom is 0.228 e. The second-order valence-electron chi connectivity index (χ2n) is 7.25. The molecule has 1 saturated heterocycles. The van der Waals surface area contributed by atoms with Crippen molar-refractivity contribution >= 4 is 11.8 Å². The topological polar surface area (TPSA) is 58.4 Å². The Morgan fingerprint density at radius 3 is 2.74 bits per heavy atom. The molecule has 1 aliphatic carbocycles. The SMILES string of the molecule is CC(C)CN1C[C@H](C(=O)N(Cc2nccn2C)C2CC2)CC1=O. The van der Waals surface area contributed by atoms with E-state index in [0.29, 0.717) is 31.5 Å². The van der Waals surface area contributed by atoms with Crippen molar-refractivity contribution in [3.8, 4) is 0 Å². The molecular weight excluding hydrogens is 292 g/mol. The molecule has 1 saturated carbocycles. The Morgan fingerprint density at radius 1 is 1.43 bits per heavy atom. The lowest BCUT2D eigenvalue weighted by Crippen LogP contribution is -2.39. The zero-order chi connectivity index (χ0) is 16.6. The molecule has 126 valence electrons. The van der Waals surface area contributed by atoms with E-state index in [2.05, 4.69) is 18.8 Å². The van der Waals surface area contributed by atoms with Crippen LogP contribution in [0.3, 0.4) is 0 Å². The lowest BCUT2D eigenvalue weighted by molar-refractivity contribution is -0.137. The molecule has 6 nitrogen and oxygen atoms in total. The van der Waals surface area contributed by atoms with Gasteiger partial charge in [-0.25, -0.2) is 4.98 Å². The minimum Gasteiger partial charge on any atom is -0.342 e. The van der Waals surface area contributed by atoms with Gasteiger partial charge in [-0.05, 0) is 18.8 Å². The Morgan fingerprint density at radius 2 is 2.17 bits per heavy atom. The van der Waals surface area contributed by atoms with E-state index < -0.39 is 0 Å². The molecule has 0 spiro atoms. The van der Waals surface area contributed by atoms with Crippen LogP contribution in [-0.4, -0.2) is 50.3 Å². The number of aromatic nitrogens is 2. The van der Waals surface area contributed by atoms with Crippen LogP contribution in [0.4, 0.5) is 0 Å². The Bertz CT molecular complexity index is 591. The van der Waals surface area contributed by atoms with Gasteiger partial charge in [0.2, 0.25) is 11.8 Å². The largest absolute Gasteiger partial charge is 0.342 e.